The summed E-state index contributed by atoms with van der Waals surface area (Å²) in [5, 5.41) is 5.32. The van der Waals surface area contributed by atoms with Crippen LogP contribution in [0.3, 0.4) is 0 Å². The van der Waals surface area contributed by atoms with Crippen molar-refractivity contribution in [1.82, 2.24) is 0 Å². The lowest BCUT2D eigenvalue weighted by molar-refractivity contribution is 0.660. The number of hydrogen-bond donors (Lipinski definition) is 0. The zero-order chi connectivity index (χ0) is 30.1. The van der Waals surface area contributed by atoms with Gasteiger partial charge in [-0.3, -0.25) is 0 Å². The molecule has 0 aliphatic heterocycles. The van der Waals surface area contributed by atoms with Gasteiger partial charge in [0.2, 0.25) is 0 Å². The molecule has 1 aliphatic rings. The highest BCUT2D eigenvalue weighted by atomic mass is 32.1. The van der Waals surface area contributed by atoms with Crippen LogP contribution in [0.15, 0.2) is 152 Å². The minimum atomic E-state index is -0.0505. The molecule has 2 heteroatoms. The third-order valence-corrected chi connectivity index (χ3v) is 10.8. The number of hydrogen-bond acceptors (Lipinski definition) is 2. The molecule has 0 spiro atoms. The van der Waals surface area contributed by atoms with E-state index in [4.69, 9.17) is 0 Å². The van der Waals surface area contributed by atoms with Crippen LogP contribution < -0.4 is 4.90 Å². The summed E-state index contributed by atoms with van der Waals surface area (Å²) in [6.07, 6.45) is 0. The van der Waals surface area contributed by atoms with Crippen LogP contribution in [-0.2, 0) is 5.41 Å². The van der Waals surface area contributed by atoms with E-state index in [0.717, 1.165) is 11.4 Å². The van der Waals surface area contributed by atoms with Crippen LogP contribution in [0, 0.1) is 0 Å². The smallest absolute Gasteiger partial charge is 0.0465 e. The van der Waals surface area contributed by atoms with Gasteiger partial charge in [-0.05, 0) is 98.8 Å². The van der Waals surface area contributed by atoms with E-state index in [2.05, 4.69) is 170 Å². The molecule has 0 amide bonds. The molecular weight excluding hydrogens is 563 g/mol. The number of benzene rings is 7. The standard InChI is InChI=1S/C43H31NS/c1-43(2)38-14-8-6-12-35(38)36-24-22-33(27-39(36)43)44(31-10-4-3-5-11-31)32-20-16-28(17-21-32)29-18-23-34-30(26-29)19-25-41-42(34)37-13-7-9-15-40(37)45-41/h3-27H,1-2H3. The first kappa shape index (κ1) is 26.2. The third-order valence-electron chi connectivity index (χ3n) is 9.66. The van der Waals surface area contributed by atoms with Crippen LogP contribution in [0.25, 0.3) is 53.2 Å². The lowest BCUT2D eigenvalue weighted by atomic mass is 9.82. The van der Waals surface area contributed by atoms with Crippen molar-refractivity contribution in [3.63, 3.8) is 0 Å². The lowest BCUT2D eigenvalue weighted by Gasteiger charge is -2.28. The highest BCUT2D eigenvalue weighted by molar-refractivity contribution is 7.26. The molecule has 1 nitrogen and oxygen atoms in total. The molecule has 0 unspecified atom stereocenters. The first-order valence-electron chi connectivity index (χ1n) is 15.6. The number of thiophene rings is 1. The molecule has 45 heavy (non-hydrogen) atoms. The summed E-state index contributed by atoms with van der Waals surface area (Å²) >= 11 is 1.88. The first-order chi connectivity index (χ1) is 22.1. The number of para-hydroxylation sites is 1. The second-order valence-electron chi connectivity index (χ2n) is 12.6. The van der Waals surface area contributed by atoms with Gasteiger partial charge in [0.1, 0.15) is 0 Å². The van der Waals surface area contributed by atoms with E-state index in [0.29, 0.717) is 0 Å². The van der Waals surface area contributed by atoms with Crippen molar-refractivity contribution >= 4 is 59.3 Å². The zero-order valence-corrected chi connectivity index (χ0v) is 26.1. The predicted molar refractivity (Wildman–Crippen MR) is 195 cm³/mol. The minimum Gasteiger partial charge on any atom is -0.310 e. The Morgan fingerprint density at radius 3 is 2.02 bits per heavy atom. The van der Waals surface area contributed by atoms with E-state index >= 15 is 0 Å². The fourth-order valence-corrected chi connectivity index (χ4v) is 8.51. The molecule has 214 valence electrons. The van der Waals surface area contributed by atoms with Gasteiger partial charge >= 0.3 is 0 Å². The zero-order valence-electron chi connectivity index (χ0n) is 25.3. The fraction of sp³-hybridized carbons (Fsp3) is 0.0698. The molecule has 0 N–H and O–H groups in total. The molecular formula is C43H31NS. The van der Waals surface area contributed by atoms with Crippen molar-refractivity contribution in [3.8, 4) is 22.3 Å². The molecule has 0 saturated heterocycles. The maximum Gasteiger partial charge on any atom is 0.0465 e. The Balaban J connectivity index is 1.12. The van der Waals surface area contributed by atoms with Crippen LogP contribution in [0.1, 0.15) is 25.0 Å². The molecule has 0 bridgehead atoms. The van der Waals surface area contributed by atoms with Gasteiger partial charge in [0.25, 0.3) is 0 Å². The molecule has 0 atom stereocenters. The van der Waals surface area contributed by atoms with E-state index < -0.39 is 0 Å². The Bertz CT molecular complexity index is 2400. The van der Waals surface area contributed by atoms with Crippen LogP contribution in [0.5, 0.6) is 0 Å². The number of anilines is 3. The van der Waals surface area contributed by atoms with Gasteiger partial charge in [0, 0.05) is 42.6 Å². The summed E-state index contributed by atoms with van der Waals surface area (Å²) in [7, 11) is 0. The average molecular weight is 594 g/mol. The van der Waals surface area contributed by atoms with Crippen molar-refractivity contribution in [2.45, 2.75) is 19.3 Å². The summed E-state index contributed by atoms with van der Waals surface area (Å²) in [5.41, 5.74) is 11.3. The Kier molecular flexibility index (Phi) is 5.78. The van der Waals surface area contributed by atoms with Crippen molar-refractivity contribution < 1.29 is 0 Å². The molecule has 1 heterocycles. The maximum absolute atomic E-state index is 2.40. The summed E-state index contributed by atoms with van der Waals surface area (Å²) in [6.45, 7) is 4.69. The minimum absolute atomic E-state index is 0.0505. The van der Waals surface area contributed by atoms with Crippen LogP contribution in [0.4, 0.5) is 17.1 Å². The van der Waals surface area contributed by atoms with Crippen molar-refractivity contribution in [2.24, 2.45) is 0 Å². The Labute approximate surface area is 267 Å². The van der Waals surface area contributed by atoms with Gasteiger partial charge in [-0.1, -0.05) is 111 Å². The number of fused-ring (bicyclic) bond motifs is 8. The molecule has 8 aromatic rings. The SMILES string of the molecule is CC1(C)c2ccccc2-c2ccc(N(c3ccccc3)c3ccc(-c4ccc5c(ccc6sc7ccccc7c65)c4)cc3)cc21. The molecule has 1 aliphatic carbocycles. The Morgan fingerprint density at radius 1 is 0.467 bits per heavy atom. The lowest BCUT2D eigenvalue weighted by Crippen LogP contribution is -2.16. The average Bonchev–Trinajstić information content (AvgIpc) is 3.58. The molecule has 0 radical (unpaired) electrons. The molecule has 0 fully saturated rings. The second-order valence-corrected chi connectivity index (χ2v) is 13.7. The van der Waals surface area contributed by atoms with Crippen LogP contribution in [-0.4, -0.2) is 0 Å². The number of nitrogens with zero attached hydrogens (tertiary/aromatic N) is 1. The fourth-order valence-electron chi connectivity index (χ4n) is 7.39. The van der Waals surface area contributed by atoms with Gasteiger partial charge in [-0.2, -0.15) is 0 Å². The molecule has 1 aromatic heterocycles. The van der Waals surface area contributed by atoms with Gasteiger partial charge in [-0.25, -0.2) is 0 Å². The third kappa shape index (κ3) is 4.06. The van der Waals surface area contributed by atoms with Crippen LogP contribution in [0.2, 0.25) is 0 Å². The van der Waals surface area contributed by atoms with E-state index in [-0.39, 0.29) is 5.41 Å². The van der Waals surface area contributed by atoms with E-state index in [1.165, 1.54) is 70.0 Å². The normalized spacial score (nSPS) is 13.3. The van der Waals surface area contributed by atoms with Crippen LogP contribution >= 0.6 is 11.3 Å². The maximum atomic E-state index is 2.40. The number of rotatable bonds is 4. The van der Waals surface area contributed by atoms with Gasteiger partial charge < -0.3 is 4.90 Å². The Morgan fingerprint density at radius 2 is 1.16 bits per heavy atom. The monoisotopic (exact) mass is 593 g/mol. The summed E-state index contributed by atoms with van der Waals surface area (Å²) in [5.74, 6) is 0. The van der Waals surface area contributed by atoms with E-state index in [1.54, 1.807) is 0 Å². The molecule has 9 rings (SSSR count). The van der Waals surface area contributed by atoms with E-state index in [1.807, 2.05) is 11.3 Å². The largest absolute Gasteiger partial charge is 0.310 e. The summed E-state index contributed by atoms with van der Waals surface area (Å²) < 4.78 is 2.69. The summed E-state index contributed by atoms with van der Waals surface area (Å²) in [6, 6.07) is 55.8. The summed E-state index contributed by atoms with van der Waals surface area (Å²) in [4.78, 5) is 2.38. The van der Waals surface area contributed by atoms with Gasteiger partial charge in [0.15, 0.2) is 0 Å². The highest BCUT2D eigenvalue weighted by Gasteiger charge is 2.35. The molecule has 7 aromatic carbocycles. The van der Waals surface area contributed by atoms with Gasteiger partial charge in [-0.15, -0.1) is 11.3 Å². The van der Waals surface area contributed by atoms with Gasteiger partial charge in [0.05, 0.1) is 0 Å². The predicted octanol–water partition coefficient (Wildman–Crippen LogP) is 12.7. The Hall–Kier alpha value is -5.18. The van der Waals surface area contributed by atoms with Crippen molar-refractivity contribution in [1.29, 1.82) is 0 Å². The quantitative estimate of drug-likeness (QED) is 0.196. The second kappa shape index (κ2) is 9.92. The molecule has 0 saturated carbocycles. The van der Waals surface area contributed by atoms with E-state index in [9.17, 15) is 0 Å². The van der Waals surface area contributed by atoms with Crippen molar-refractivity contribution in [2.75, 3.05) is 4.90 Å². The first-order valence-corrected chi connectivity index (χ1v) is 16.4. The topological polar surface area (TPSA) is 3.24 Å². The van der Waals surface area contributed by atoms with Crippen molar-refractivity contribution in [3.05, 3.63) is 163 Å². The highest BCUT2D eigenvalue weighted by Crippen LogP contribution is 2.50.